The quantitative estimate of drug-likeness (QED) is 0.512. The van der Waals surface area contributed by atoms with E-state index in [0.717, 1.165) is 11.5 Å². The first-order chi connectivity index (χ1) is 4.47. The van der Waals surface area contributed by atoms with E-state index >= 15 is 0 Å². The zero-order valence-electron chi connectivity index (χ0n) is 4.78. The number of pyridine rings is 1. The lowest BCUT2D eigenvalue weighted by molar-refractivity contribution is -0.427. The highest BCUT2D eigenvalue weighted by molar-refractivity contribution is 5.66. The van der Waals surface area contributed by atoms with Gasteiger partial charge in [0.15, 0.2) is 12.0 Å². The number of aromatic nitrogens is 1. The van der Waals surface area contributed by atoms with E-state index in [-0.39, 0.29) is 0 Å². The molecule has 0 saturated heterocycles. The molecule has 0 aromatic carbocycles. The summed E-state index contributed by atoms with van der Waals surface area (Å²) >= 11 is 0. The van der Waals surface area contributed by atoms with Crippen LogP contribution < -0.4 is 5.32 Å². The Morgan fingerprint density at radius 1 is 1.44 bits per heavy atom. The Morgan fingerprint density at radius 3 is 3.33 bits per heavy atom. The molecular weight excluding hydrogens is 114 g/mol. The second-order valence-electron chi connectivity index (χ2n) is 1.86. The molecular formula is C6H6N3+. The molecule has 0 bridgehead atoms. The van der Waals surface area contributed by atoms with E-state index in [0.29, 0.717) is 0 Å². The highest BCUT2D eigenvalue weighted by atomic mass is 15.1. The maximum atomic E-state index is 4.03. The highest BCUT2D eigenvalue weighted by Crippen LogP contribution is 2.16. The van der Waals surface area contributed by atoms with E-state index in [9.17, 15) is 0 Å². The molecule has 9 heavy (non-hydrogen) atoms. The van der Waals surface area contributed by atoms with Crippen molar-refractivity contribution in [2.75, 3.05) is 0 Å². The lowest BCUT2D eigenvalue weighted by Gasteiger charge is -1.86. The predicted octanol–water partition coefficient (Wildman–Crippen LogP) is -0.0501. The summed E-state index contributed by atoms with van der Waals surface area (Å²) in [6.45, 7) is 0. The number of hydrogen-bond acceptors (Lipinski definition) is 2. The van der Waals surface area contributed by atoms with Gasteiger partial charge in [-0.2, -0.15) is 4.99 Å². The van der Waals surface area contributed by atoms with E-state index in [1.165, 1.54) is 0 Å². The molecule has 1 aromatic heterocycles. The van der Waals surface area contributed by atoms with Gasteiger partial charge in [0, 0.05) is 12.3 Å². The van der Waals surface area contributed by atoms with Crippen molar-refractivity contribution in [2.24, 2.45) is 4.99 Å². The fraction of sp³-hybridized carbons (Fsp3) is 0. The smallest absolute Gasteiger partial charge is 0.219 e. The first-order valence-electron chi connectivity index (χ1n) is 2.79. The predicted molar refractivity (Wildman–Crippen MR) is 34.0 cm³/mol. The third kappa shape index (κ3) is 0.622. The number of quaternary nitrogens is 1. The van der Waals surface area contributed by atoms with Crippen LogP contribution in [0.15, 0.2) is 23.3 Å². The second-order valence-corrected chi connectivity index (χ2v) is 1.86. The number of hydrogen-bond donors (Lipinski definition) is 1. The normalized spacial score (nSPS) is 13.8. The Labute approximate surface area is 52.5 Å². The van der Waals surface area contributed by atoms with Crippen molar-refractivity contribution >= 4 is 17.8 Å². The Hall–Kier alpha value is -1.22. The summed E-state index contributed by atoms with van der Waals surface area (Å²) < 4.78 is 0. The van der Waals surface area contributed by atoms with Crippen LogP contribution in [-0.4, -0.2) is 11.3 Å². The molecule has 0 atom stereocenters. The van der Waals surface area contributed by atoms with E-state index < -0.39 is 0 Å². The van der Waals surface area contributed by atoms with E-state index in [1.54, 1.807) is 12.5 Å². The summed E-state index contributed by atoms with van der Waals surface area (Å²) in [5.41, 5.74) is 1.11. The summed E-state index contributed by atoms with van der Waals surface area (Å²) in [6, 6.07) is 3.90. The third-order valence-electron chi connectivity index (χ3n) is 1.27. The fourth-order valence-corrected chi connectivity index (χ4v) is 0.836. The lowest BCUT2D eigenvalue weighted by atomic mass is 10.4. The van der Waals surface area contributed by atoms with Crippen molar-refractivity contribution in [2.45, 2.75) is 0 Å². The molecule has 1 aliphatic heterocycles. The van der Waals surface area contributed by atoms with Crippen molar-refractivity contribution in [3.05, 3.63) is 18.3 Å². The lowest BCUT2D eigenvalue weighted by Crippen LogP contribution is -2.74. The molecule has 0 amide bonds. The van der Waals surface area contributed by atoms with Gasteiger partial charge in [0.2, 0.25) is 5.82 Å². The highest BCUT2D eigenvalue weighted by Gasteiger charge is 2.08. The Kier molecular flexibility index (Phi) is 0.841. The van der Waals surface area contributed by atoms with Crippen LogP contribution in [0.2, 0.25) is 0 Å². The minimum Gasteiger partial charge on any atom is -0.268 e. The Morgan fingerprint density at radius 2 is 2.44 bits per heavy atom. The summed E-state index contributed by atoms with van der Waals surface area (Å²) in [4.78, 5) is 8.04. The molecule has 0 saturated carbocycles. The van der Waals surface area contributed by atoms with E-state index in [2.05, 4.69) is 9.98 Å². The maximum Gasteiger partial charge on any atom is 0.219 e. The molecule has 3 heteroatoms. The molecule has 0 fully saturated rings. The van der Waals surface area contributed by atoms with Gasteiger partial charge in [-0.25, -0.2) is 4.98 Å². The maximum absolute atomic E-state index is 4.03. The number of nitrogens with zero attached hydrogens (tertiary/aromatic N) is 2. The van der Waals surface area contributed by atoms with Crippen molar-refractivity contribution in [1.82, 2.24) is 4.98 Å². The van der Waals surface area contributed by atoms with Crippen molar-refractivity contribution in [3.63, 3.8) is 0 Å². The Balaban J connectivity index is 2.63. The molecule has 0 unspecified atom stereocenters. The van der Waals surface area contributed by atoms with Crippen LogP contribution in [0.4, 0.5) is 11.5 Å². The van der Waals surface area contributed by atoms with E-state index in [4.69, 9.17) is 0 Å². The van der Waals surface area contributed by atoms with Gasteiger partial charge in [0.05, 0.1) is 0 Å². The molecule has 2 rings (SSSR count). The van der Waals surface area contributed by atoms with Crippen LogP contribution in [0.5, 0.6) is 0 Å². The van der Waals surface area contributed by atoms with Crippen LogP contribution in [0.1, 0.15) is 0 Å². The molecule has 1 aromatic rings. The average molecular weight is 120 g/mol. The van der Waals surface area contributed by atoms with Crippen LogP contribution >= 0.6 is 0 Å². The summed E-state index contributed by atoms with van der Waals surface area (Å²) in [7, 11) is 0. The van der Waals surface area contributed by atoms with Gasteiger partial charge < -0.3 is 0 Å². The SMILES string of the molecule is C1=Nc2ncccc2[NH2+]1. The van der Waals surface area contributed by atoms with Gasteiger partial charge >= 0.3 is 0 Å². The molecule has 0 radical (unpaired) electrons. The van der Waals surface area contributed by atoms with Crippen LogP contribution in [-0.2, 0) is 0 Å². The largest absolute Gasteiger partial charge is 0.268 e. The zero-order valence-corrected chi connectivity index (χ0v) is 4.78. The van der Waals surface area contributed by atoms with Crippen LogP contribution in [0.25, 0.3) is 0 Å². The molecule has 3 nitrogen and oxygen atoms in total. The van der Waals surface area contributed by atoms with Crippen molar-refractivity contribution in [1.29, 1.82) is 0 Å². The van der Waals surface area contributed by atoms with Gasteiger partial charge in [-0.1, -0.05) is 0 Å². The summed E-state index contributed by atoms with van der Waals surface area (Å²) in [6.07, 6.45) is 3.51. The molecule has 2 heterocycles. The first kappa shape index (κ1) is 4.64. The number of aliphatic imine (C=N–C) groups is 1. The molecule has 0 spiro atoms. The topological polar surface area (TPSA) is 41.9 Å². The molecule has 2 N–H and O–H groups in total. The van der Waals surface area contributed by atoms with Gasteiger partial charge in [0.1, 0.15) is 0 Å². The Bertz CT molecular complexity index is 254. The number of nitrogens with two attached hydrogens (primary N) is 1. The molecule has 44 valence electrons. The summed E-state index contributed by atoms with van der Waals surface area (Å²) in [5, 5.41) is 1.95. The van der Waals surface area contributed by atoms with Crippen molar-refractivity contribution < 1.29 is 5.32 Å². The second kappa shape index (κ2) is 1.63. The zero-order chi connectivity index (χ0) is 6.10. The molecule has 0 aliphatic carbocycles. The fourth-order valence-electron chi connectivity index (χ4n) is 0.836. The average Bonchev–Trinajstić information content (AvgIpc) is 2.33. The van der Waals surface area contributed by atoms with Crippen LogP contribution in [0.3, 0.4) is 0 Å². The minimum absolute atomic E-state index is 0.831. The first-order valence-corrected chi connectivity index (χ1v) is 2.79. The number of rotatable bonds is 0. The van der Waals surface area contributed by atoms with Gasteiger partial charge in [-0.3, -0.25) is 5.32 Å². The third-order valence-corrected chi connectivity index (χ3v) is 1.27. The molecule has 1 aliphatic rings. The van der Waals surface area contributed by atoms with Gasteiger partial charge in [-0.15, -0.1) is 0 Å². The summed E-state index contributed by atoms with van der Waals surface area (Å²) in [5.74, 6) is 0.831. The number of fused-ring (bicyclic) bond motifs is 1. The van der Waals surface area contributed by atoms with Crippen molar-refractivity contribution in [3.8, 4) is 0 Å². The monoisotopic (exact) mass is 120 g/mol. The minimum atomic E-state index is 0.831. The van der Waals surface area contributed by atoms with E-state index in [1.807, 2.05) is 17.4 Å². The van der Waals surface area contributed by atoms with Gasteiger partial charge in [-0.05, 0) is 6.07 Å². The van der Waals surface area contributed by atoms with Crippen LogP contribution in [0, 0.1) is 0 Å². The van der Waals surface area contributed by atoms with Gasteiger partial charge in [0.25, 0.3) is 0 Å². The standard InChI is InChI=1S/C6H5N3/c1-2-5-6(7-3-1)9-4-8-5/h1-4H,(H,7,8,9)/p+1.